The summed E-state index contributed by atoms with van der Waals surface area (Å²) in [5, 5.41) is 15.1. The van der Waals surface area contributed by atoms with Crippen LogP contribution in [0.3, 0.4) is 0 Å². The maximum Gasteiger partial charge on any atom is 0.271 e. The third kappa shape index (κ3) is 4.43. The lowest BCUT2D eigenvalue weighted by molar-refractivity contribution is -0.129. The van der Waals surface area contributed by atoms with E-state index in [-0.39, 0.29) is 24.6 Å². The van der Waals surface area contributed by atoms with Crippen molar-refractivity contribution in [1.82, 2.24) is 20.6 Å². The number of rotatable bonds is 6. The highest BCUT2D eigenvalue weighted by Gasteiger charge is 2.09. The van der Waals surface area contributed by atoms with E-state index in [9.17, 15) is 9.59 Å². The second-order valence-electron chi connectivity index (χ2n) is 4.43. The summed E-state index contributed by atoms with van der Waals surface area (Å²) in [6.07, 6.45) is 1.73. The molecule has 3 N–H and O–H groups in total. The van der Waals surface area contributed by atoms with E-state index in [0.29, 0.717) is 6.54 Å². The van der Waals surface area contributed by atoms with Crippen molar-refractivity contribution in [2.24, 2.45) is 0 Å². The molecule has 1 aromatic heterocycles. The van der Waals surface area contributed by atoms with Crippen molar-refractivity contribution in [3.05, 3.63) is 53.9 Å². The highest BCUT2D eigenvalue weighted by molar-refractivity contribution is 5.92. The van der Waals surface area contributed by atoms with Crippen LogP contribution >= 0.6 is 0 Å². The Morgan fingerprint density at radius 3 is 2.67 bits per heavy atom. The minimum atomic E-state index is -0.551. The van der Waals surface area contributed by atoms with Crippen LogP contribution in [0, 0.1) is 0 Å². The molecule has 0 aliphatic carbocycles. The fourth-order valence-electron chi connectivity index (χ4n) is 1.78. The molecule has 0 aliphatic rings. The van der Waals surface area contributed by atoms with Crippen molar-refractivity contribution in [2.45, 2.75) is 13.0 Å². The third-order valence-electron chi connectivity index (χ3n) is 2.82. The van der Waals surface area contributed by atoms with Gasteiger partial charge in [0.1, 0.15) is 5.69 Å². The van der Waals surface area contributed by atoms with Gasteiger partial charge in [-0.05, 0) is 11.6 Å². The number of nitrogens with zero attached hydrogens (tertiary/aromatic N) is 2. The van der Waals surface area contributed by atoms with Crippen LogP contribution in [0.4, 0.5) is 0 Å². The van der Waals surface area contributed by atoms with Crippen LogP contribution in [0.1, 0.15) is 22.5 Å². The predicted octanol–water partition coefficient (Wildman–Crippen LogP) is 0.557. The standard InChI is InChI=1S/C14H16N4O3/c19-13(17-21)6-8-15-14(20)12-7-9-18(16-12)10-11-4-2-1-3-5-11/h1-5,7,9,21H,6,8,10H2,(H,15,20)(H,17,19). The molecule has 0 atom stereocenters. The quantitative estimate of drug-likeness (QED) is 0.534. The second kappa shape index (κ2) is 7.20. The molecule has 7 heteroatoms. The first-order valence-corrected chi connectivity index (χ1v) is 6.47. The lowest BCUT2D eigenvalue weighted by Crippen LogP contribution is -2.29. The monoisotopic (exact) mass is 288 g/mol. The zero-order valence-electron chi connectivity index (χ0n) is 11.3. The molecular formula is C14H16N4O3. The number of carbonyl (C=O) groups is 2. The summed E-state index contributed by atoms with van der Waals surface area (Å²) in [5.41, 5.74) is 2.88. The lowest BCUT2D eigenvalue weighted by atomic mass is 10.2. The van der Waals surface area contributed by atoms with Crippen LogP contribution in [-0.2, 0) is 11.3 Å². The summed E-state index contributed by atoms with van der Waals surface area (Å²) in [4.78, 5) is 22.6. The molecule has 2 aromatic rings. The molecule has 110 valence electrons. The van der Waals surface area contributed by atoms with Gasteiger partial charge in [0.2, 0.25) is 5.91 Å². The van der Waals surface area contributed by atoms with E-state index in [1.165, 1.54) is 5.48 Å². The molecule has 0 aliphatic heterocycles. The molecule has 0 spiro atoms. The third-order valence-corrected chi connectivity index (χ3v) is 2.82. The summed E-state index contributed by atoms with van der Waals surface area (Å²) in [7, 11) is 0. The van der Waals surface area contributed by atoms with Gasteiger partial charge < -0.3 is 5.32 Å². The number of hydrogen-bond donors (Lipinski definition) is 3. The number of carbonyl (C=O) groups excluding carboxylic acids is 2. The topological polar surface area (TPSA) is 96.2 Å². The van der Waals surface area contributed by atoms with Gasteiger partial charge in [0, 0.05) is 19.2 Å². The molecule has 0 bridgehead atoms. The first kappa shape index (κ1) is 14.7. The van der Waals surface area contributed by atoms with Gasteiger partial charge >= 0.3 is 0 Å². The predicted molar refractivity (Wildman–Crippen MR) is 74.7 cm³/mol. The van der Waals surface area contributed by atoms with Crippen LogP contribution < -0.4 is 10.8 Å². The summed E-state index contributed by atoms with van der Waals surface area (Å²) < 4.78 is 1.67. The Morgan fingerprint density at radius 2 is 1.95 bits per heavy atom. The molecule has 0 saturated heterocycles. The molecule has 0 unspecified atom stereocenters. The molecule has 7 nitrogen and oxygen atoms in total. The van der Waals surface area contributed by atoms with Crippen LogP contribution in [0.25, 0.3) is 0 Å². The largest absolute Gasteiger partial charge is 0.350 e. The van der Waals surface area contributed by atoms with Gasteiger partial charge in [0.25, 0.3) is 5.91 Å². The van der Waals surface area contributed by atoms with Crippen molar-refractivity contribution in [3.63, 3.8) is 0 Å². The highest BCUT2D eigenvalue weighted by Crippen LogP contribution is 2.03. The minimum Gasteiger partial charge on any atom is -0.350 e. The molecule has 1 aromatic carbocycles. The number of aromatic nitrogens is 2. The number of nitrogens with one attached hydrogen (secondary N) is 2. The minimum absolute atomic E-state index is 0.00691. The van der Waals surface area contributed by atoms with Crippen molar-refractivity contribution in [1.29, 1.82) is 0 Å². The van der Waals surface area contributed by atoms with Gasteiger partial charge in [-0.1, -0.05) is 30.3 Å². The van der Waals surface area contributed by atoms with Crippen molar-refractivity contribution in [3.8, 4) is 0 Å². The Kier molecular flexibility index (Phi) is 5.05. The molecule has 0 fully saturated rings. The number of benzene rings is 1. The summed E-state index contributed by atoms with van der Waals surface area (Å²) >= 11 is 0. The first-order chi connectivity index (χ1) is 10.2. The van der Waals surface area contributed by atoms with E-state index < -0.39 is 5.91 Å². The SMILES string of the molecule is O=C(CCNC(=O)c1ccn(Cc2ccccc2)n1)NO. The smallest absolute Gasteiger partial charge is 0.271 e. The molecule has 0 radical (unpaired) electrons. The first-order valence-electron chi connectivity index (χ1n) is 6.47. The number of hydrogen-bond acceptors (Lipinski definition) is 4. The zero-order valence-corrected chi connectivity index (χ0v) is 11.3. The van der Waals surface area contributed by atoms with E-state index >= 15 is 0 Å². The van der Waals surface area contributed by atoms with Gasteiger partial charge in [-0.25, -0.2) is 5.48 Å². The Hall–Kier alpha value is -2.67. The average Bonchev–Trinajstić information content (AvgIpc) is 2.96. The summed E-state index contributed by atoms with van der Waals surface area (Å²) in [6, 6.07) is 11.4. The molecule has 2 rings (SSSR count). The van der Waals surface area contributed by atoms with Gasteiger partial charge in [-0.15, -0.1) is 0 Å². The van der Waals surface area contributed by atoms with Gasteiger partial charge in [-0.2, -0.15) is 5.10 Å². The number of hydroxylamine groups is 1. The Balaban J connectivity index is 1.87. The molecule has 21 heavy (non-hydrogen) atoms. The second-order valence-corrected chi connectivity index (χ2v) is 4.43. The van der Waals surface area contributed by atoms with Crippen molar-refractivity contribution >= 4 is 11.8 Å². The zero-order chi connectivity index (χ0) is 15.1. The maximum atomic E-state index is 11.8. The van der Waals surface area contributed by atoms with Crippen molar-refractivity contribution < 1.29 is 14.8 Å². The molecular weight excluding hydrogens is 272 g/mol. The van der Waals surface area contributed by atoms with Gasteiger partial charge in [0.15, 0.2) is 0 Å². The van der Waals surface area contributed by atoms with E-state index in [1.807, 2.05) is 30.3 Å². The maximum absolute atomic E-state index is 11.8. The Bertz CT molecular complexity index is 610. The van der Waals surface area contributed by atoms with Gasteiger partial charge in [-0.3, -0.25) is 19.5 Å². The van der Waals surface area contributed by atoms with Crippen molar-refractivity contribution in [2.75, 3.05) is 6.54 Å². The Labute approximate surface area is 121 Å². The highest BCUT2D eigenvalue weighted by atomic mass is 16.5. The van der Waals surface area contributed by atoms with E-state index in [1.54, 1.807) is 16.9 Å². The van der Waals surface area contributed by atoms with E-state index in [2.05, 4.69) is 10.4 Å². The van der Waals surface area contributed by atoms with Crippen LogP contribution in [0.2, 0.25) is 0 Å². The van der Waals surface area contributed by atoms with Crippen LogP contribution in [-0.4, -0.2) is 33.3 Å². The van der Waals surface area contributed by atoms with Crippen LogP contribution in [0.5, 0.6) is 0 Å². The molecule has 0 saturated carbocycles. The summed E-state index contributed by atoms with van der Waals surface area (Å²) in [5.74, 6) is -0.905. The molecule has 2 amide bonds. The Morgan fingerprint density at radius 1 is 1.19 bits per heavy atom. The normalized spacial score (nSPS) is 10.1. The fraction of sp³-hybridized carbons (Fsp3) is 0.214. The fourth-order valence-corrected chi connectivity index (χ4v) is 1.78. The number of amides is 2. The van der Waals surface area contributed by atoms with E-state index in [0.717, 1.165) is 5.56 Å². The average molecular weight is 288 g/mol. The summed E-state index contributed by atoms with van der Waals surface area (Å²) in [6.45, 7) is 0.720. The van der Waals surface area contributed by atoms with E-state index in [4.69, 9.17) is 5.21 Å². The van der Waals surface area contributed by atoms with Gasteiger partial charge in [0.05, 0.1) is 6.54 Å². The van der Waals surface area contributed by atoms with Crippen LogP contribution in [0.15, 0.2) is 42.6 Å². The molecule has 1 heterocycles. The lowest BCUT2D eigenvalue weighted by Gasteiger charge is -2.03.